The average Bonchev–Trinajstić information content (AvgIpc) is 3.39. The first kappa shape index (κ1) is 17.1. The molecule has 1 spiro atoms. The number of nitrogens with one attached hydrogen (secondary N) is 2. The number of carbonyl (C=O) groups excluding carboxylic acids is 2. The van der Waals surface area contributed by atoms with Crippen molar-refractivity contribution in [1.29, 1.82) is 5.41 Å². The second kappa shape index (κ2) is 6.16. The molecule has 3 aliphatic rings. The van der Waals surface area contributed by atoms with E-state index >= 15 is 0 Å². The Bertz CT molecular complexity index is 784. The molecule has 1 aromatic rings. The molecule has 1 aromatic carbocycles. The highest BCUT2D eigenvalue weighted by Crippen LogP contribution is 2.37. The lowest BCUT2D eigenvalue weighted by Gasteiger charge is -2.39. The van der Waals surface area contributed by atoms with Gasteiger partial charge < -0.3 is 21.4 Å². The van der Waals surface area contributed by atoms with Gasteiger partial charge >= 0.3 is 6.03 Å². The van der Waals surface area contributed by atoms with Crippen molar-refractivity contribution in [2.24, 2.45) is 5.92 Å². The van der Waals surface area contributed by atoms with Crippen LogP contribution >= 0.6 is 11.6 Å². The molecule has 1 saturated carbocycles. The van der Waals surface area contributed by atoms with E-state index in [9.17, 15) is 9.59 Å². The van der Waals surface area contributed by atoms with E-state index in [1.807, 2.05) is 0 Å². The Morgan fingerprint density at radius 3 is 2.62 bits per heavy atom. The van der Waals surface area contributed by atoms with Gasteiger partial charge in [-0.2, -0.15) is 0 Å². The maximum atomic E-state index is 12.9. The Hall–Kier alpha value is -2.28. The van der Waals surface area contributed by atoms with Crippen LogP contribution in [-0.2, 0) is 4.79 Å². The van der Waals surface area contributed by atoms with Gasteiger partial charge in [0.25, 0.3) is 5.91 Å². The monoisotopic (exact) mass is 375 g/mol. The van der Waals surface area contributed by atoms with Crippen molar-refractivity contribution >= 4 is 41.1 Å². The lowest BCUT2D eigenvalue weighted by atomic mass is 9.87. The van der Waals surface area contributed by atoms with Crippen LogP contribution in [0.1, 0.15) is 31.2 Å². The van der Waals surface area contributed by atoms with E-state index in [1.165, 1.54) is 11.1 Å². The Kier molecular flexibility index (Phi) is 4.06. The van der Waals surface area contributed by atoms with Crippen LogP contribution in [0.2, 0.25) is 5.02 Å². The number of carbonyl (C=O) groups is 2. The first-order valence-electron chi connectivity index (χ1n) is 8.92. The molecule has 2 heterocycles. The van der Waals surface area contributed by atoms with Crippen molar-refractivity contribution in [1.82, 2.24) is 10.2 Å². The minimum atomic E-state index is -0.794. The number of amides is 3. The van der Waals surface area contributed by atoms with Crippen LogP contribution in [-0.4, -0.2) is 48.2 Å². The first-order valence-corrected chi connectivity index (χ1v) is 9.30. The molecule has 26 heavy (non-hydrogen) atoms. The standard InChI is InChI=1S/C18H22ClN5O2/c19-12-7-14(21)13(9-20)15(8-12)23-5-3-18(4-6-23)16(25)24(17(26)22-18)10-11-1-2-11/h7-9,11,20H,1-6,10,21H2,(H,22,26). The molecule has 138 valence electrons. The van der Waals surface area contributed by atoms with E-state index in [0.717, 1.165) is 18.5 Å². The molecule has 7 nitrogen and oxygen atoms in total. The van der Waals surface area contributed by atoms with Gasteiger partial charge in [-0.3, -0.25) is 9.69 Å². The van der Waals surface area contributed by atoms with Crippen LogP contribution in [0.15, 0.2) is 12.1 Å². The number of hydrogen-bond donors (Lipinski definition) is 3. The number of rotatable bonds is 4. The molecular weight excluding hydrogens is 354 g/mol. The predicted molar refractivity (Wildman–Crippen MR) is 101 cm³/mol. The highest BCUT2D eigenvalue weighted by atomic mass is 35.5. The third kappa shape index (κ3) is 2.80. The third-order valence-corrected chi connectivity index (χ3v) is 5.86. The zero-order valence-electron chi connectivity index (χ0n) is 14.4. The first-order chi connectivity index (χ1) is 12.4. The van der Waals surface area contributed by atoms with Gasteiger partial charge in [0.2, 0.25) is 0 Å². The number of urea groups is 1. The second-order valence-electron chi connectivity index (χ2n) is 7.43. The van der Waals surface area contributed by atoms with Crippen molar-refractivity contribution in [3.63, 3.8) is 0 Å². The van der Waals surface area contributed by atoms with Crippen LogP contribution in [0.25, 0.3) is 0 Å². The zero-order valence-corrected chi connectivity index (χ0v) is 15.2. The number of piperidine rings is 1. The molecule has 1 aliphatic carbocycles. The molecule has 3 amide bonds. The molecule has 0 atom stereocenters. The SMILES string of the molecule is N=Cc1c(N)cc(Cl)cc1N1CCC2(CC1)NC(=O)N(CC1CC1)C2=O. The van der Waals surface area contributed by atoms with Crippen LogP contribution in [0.4, 0.5) is 16.2 Å². The van der Waals surface area contributed by atoms with Crippen LogP contribution in [0.5, 0.6) is 0 Å². The van der Waals surface area contributed by atoms with E-state index in [-0.39, 0.29) is 11.9 Å². The largest absolute Gasteiger partial charge is 0.398 e. The Labute approximate surface area is 157 Å². The summed E-state index contributed by atoms with van der Waals surface area (Å²) in [6.07, 6.45) is 4.48. The molecule has 4 rings (SSSR count). The molecule has 0 aromatic heterocycles. The van der Waals surface area contributed by atoms with Crippen LogP contribution in [0.3, 0.4) is 0 Å². The number of hydrogen-bond acceptors (Lipinski definition) is 5. The molecule has 3 fully saturated rings. The maximum Gasteiger partial charge on any atom is 0.325 e. The van der Waals surface area contributed by atoms with E-state index in [0.29, 0.717) is 54.7 Å². The van der Waals surface area contributed by atoms with E-state index in [4.69, 9.17) is 22.7 Å². The number of imide groups is 1. The fourth-order valence-corrected chi connectivity index (χ4v) is 4.13. The van der Waals surface area contributed by atoms with E-state index in [2.05, 4.69) is 10.2 Å². The molecule has 2 aliphatic heterocycles. The lowest BCUT2D eigenvalue weighted by Crippen LogP contribution is -2.55. The number of benzene rings is 1. The summed E-state index contributed by atoms with van der Waals surface area (Å²) < 4.78 is 0. The normalized spacial score (nSPS) is 22.0. The minimum absolute atomic E-state index is 0.0908. The van der Waals surface area contributed by atoms with Crippen molar-refractivity contribution in [3.05, 3.63) is 22.7 Å². The van der Waals surface area contributed by atoms with Crippen LogP contribution < -0.4 is 16.0 Å². The molecule has 2 saturated heterocycles. The molecule has 8 heteroatoms. The molecule has 4 N–H and O–H groups in total. The third-order valence-electron chi connectivity index (χ3n) is 5.64. The van der Waals surface area contributed by atoms with Gasteiger partial charge in [0.15, 0.2) is 0 Å². The fraction of sp³-hybridized carbons (Fsp3) is 0.500. The van der Waals surface area contributed by atoms with Gasteiger partial charge in [-0.05, 0) is 43.7 Å². The molecule has 0 radical (unpaired) electrons. The summed E-state index contributed by atoms with van der Waals surface area (Å²) in [5.74, 6) is 0.386. The highest BCUT2D eigenvalue weighted by Gasteiger charge is 2.53. The number of nitrogens with two attached hydrogens (primary N) is 1. The van der Waals surface area contributed by atoms with Gasteiger partial charge in [0.05, 0.1) is 0 Å². The van der Waals surface area contributed by atoms with Crippen LogP contribution in [0, 0.1) is 11.3 Å². The summed E-state index contributed by atoms with van der Waals surface area (Å²) in [7, 11) is 0. The van der Waals surface area contributed by atoms with E-state index in [1.54, 1.807) is 12.1 Å². The van der Waals surface area contributed by atoms with Gasteiger partial charge in [-0.15, -0.1) is 0 Å². The van der Waals surface area contributed by atoms with Gasteiger partial charge in [0, 0.05) is 47.8 Å². The van der Waals surface area contributed by atoms with Gasteiger partial charge in [0.1, 0.15) is 5.54 Å². The van der Waals surface area contributed by atoms with Crippen molar-refractivity contribution in [2.75, 3.05) is 30.3 Å². The molecular formula is C18H22ClN5O2. The fourth-order valence-electron chi connectivity index (χ4n) is 3.91. The van der Waals surface area contributed by atoms with Gasteiger partial charge in [-0.1, -0.05) is 11.6 Å². The molecule has 0 bridgehead atoms. The smallest absolute Gasteiger partial charge is 0.325 e. The lowest BCUT2D eigenvalue weighted by molar-refractivity contribution is -0.132. The Balaban J connectivity index is 1.52. The number of nitrogens with zero attached hydrogens (tertiary/aromatic N) is 2. The van der Waals surface area contributed by atoms with Gasteiger partial charge in [-0.25, -0.2) is 4.79 Å². The zero-order chi connectivity index (χ0) is 18.5. The summed E-state index contributed by atoms with van der Waals surface area (Å²) in [6.45, 7) is 1.72. The predicted octanol–water partition coefficient (Wildman–Crippen LogP) is 2.22. The Morgan fingerprint density at radius 2 is 2.00 bits per heavy atom. The van der Waals surface area contributed by atoms with Crippen molar-refractivity contribution in [3.8, 4) is 0 Å². The average molecular weight is 376 g/mol. The summed E-state index contributed by atoms with van der Waals surface area (Å²) in [4.78, 5) is 28.6. The maximum absolute atomic E-state index is 12.9. The summed E-state index contributed by atoms with van der Waals surface area (Å²) in [5, 5.41) is 11.1. The minimum Gasteiger partial charge on any atom is -0.398 e. The Morgan fingerprint density at radius 1 is 1.31 bits per heavy atom. The quantitative estimate of drug-likeness (QED) is 0.426. The van der Waals surface area contributed by atoms with Crippen molar-refractivity contribution < 1.29 is 9.59 Å². The summed E-state index contributed by atoms with van der Waals surface area (Å²) >= 11 is 6.14. The van der Waals surface area contributed by atoms with Crippen molar-refractivity contribution in [2.45, 2.75) is 31.2 Å². The number of anilines is 2. The molecule has 0 unspecified atom stereocenters. The number of nitrogen functional groups attached to an aromatic ring is 1. The summed E-state index contributed by atoms with van der Waals surface area (Å²) in [6, 6.07) is 3.17. The summed E-state index contributed by atoms with van der Waals surface area (Å²) in [5.41, 5.74) is 7.08. The topological polar surface area (TPSA) is 103 Å². The van der Waals surface area contributed by atoms with E-state index < -0.39 is 5.54 Å². The second-order valence-corrected chi connectivity index (χ2v) is 7.87. The number of halogens is 1. The highest BCUT2D eigenvalue weighted by molar-refractivity contribution is 6.31.